The molecule has 0 atom stereocenters. The maximum atomic E-state index is 12.8. The number of methoxy groups -OCH3 is 2. The van der Waals surface area contributed by atoms with Gasteiger partial charge >= 0.3 is 0 Å². The van der Waals surface area contributed by atoms with Crippen molar-refractivity contribution in [1.82, 2.24) is 15.1 Å². The maximum absolute atomic E-state index is 12.8. The molecule has 0 bridgehead atoms. The summed E-state index contributed by atoms with van der Waals surface area (Å²) in [6.07, 6.45) is 1.78. The number of hydrogen-bond acceptors (Lipinski definition) is 5. The van der Waals surface area contributed by atoms with Gasteiger partial charge in [-0.15, -0.1) is 0 Å². The first-order valence-corrected chi connectivity index (χ1v) is 9.27. The van der Waals surface area contributed by atoms with E-state index >= 15 is 0 Å². The van der Waals surface area contributed by atoms with Crippen LogP contribution in [-0.2, 0) is 11.3 Å². The molecule has 1 aliphatic rings. The zero-order chi connectivity index (χ0) is 19.7. The van der Waals surface area contributed by atoms with E-state index in [2.05, 4.69) is 15.1 Å². The third kappa shape index (κ3) is 3.29. The lowest BCUT2D eigenvalue weighted by Crippen LogP contribution is -2.50. The van der Waals surface area contributed by atoms with Crippen LogP contribution in [0.4, 0.5) is 5.69 Å². The van der Waals surface area contributed by atoms with Gasteiger partial charge in [-0.05, 0) is 31.2 Å². The molecule has 1 N–H and O–H groups in total. The number of amides is 1. The number of fused-ring (bicyclic) bond motifs is 1. The lowest BCUT2D eigenvalue weighted by molar-refractivity contribution is -0.121. The molecule has 3 aromatic rings. The van der Waals surface area contributed by atoms with Crippen molar-refractivity contribution in [2.75, 3.05) is 38.8 Å². The van der Waals surface area contributed by atoms with Crippen LogP contribution in [0.1, 0.15) is 11.1 Å². The normalized spacial score (nSPS) is 15.2. The Morgan fingerprint density at radius 2 is 2.00 bits per heavy atom. The minimum absolute atomic E-state index is 0.0956. The standard InChI is InChI=1S/C21H24N4O3/c1-14-19(27-2)7-4-15(21(14)28-3)12-24-8-9-25(20(26)13-24)17-5-6-18-16(10-17)11-22-23-18/h4-7,10-11H,8-9,12-13H2,1-3H3,(H,22,23). The molecule has 2 heterocycles. The number of ether oxygens (including phenoxy) is 2. The van der Waals surface area contributed by atoms with Gasteiger partial charge in [-0.2, -0.15) is 5.10 Å². The lowest BCUT2D eigenvalue weighted by Gasteiger charge is -2.34. The largest absolute Gasteiger partial charge is 0.496 e. The fourth-order valence-electron chi connectivity index (χ4n) is 3.83. The monoisotopic (exact) mass is 380 g/mol. The van der Waals surface area contributed by atoms with E-state index in [1.807, 2.05) is 42.2 Å². The number of nitrogens with zero attached hydrogens (tertiary/aromatic N) is 3. The molecule has 146 valence electrons. The molecule has 1 saturated heterocycles. The molecule has 2 aromatic carbocycles. The molecular formula is C21H24N4O3. The summed E-state index contributed by atoms with van der Waals surface area (Å²) in [5, 5.41) is 7.99. The van der Waals surface area contributed by atoms with Crippen molar-refractivity contribution in [3.63, 3.8) is 0 Å². The molecule has 28 heavy (non-hydrogen) atoms. The number of aromatic amines is 1. The lowest BCUT2D eigenvalue weighted by atomic mass is 10.1. The molecule has 7 heteroatoms. The van der Waals surface area contributed by atoms with Gasteiger partial charge < -0.3 is 14.4 Å². The Morgan fingerprint density at radius 3 is 2.75 bits per heavy atom. The molecule has 1 aromatic heterocycles. The first-order valence-electron chi connectivity index (χ1n) is 9.27. The van der Waals surface area contributed by atoms with Gasteiger partial charge in [-0.25, -0.2) is 0 Å². The smallest absolute Gasteiger partial charge is 0.241 e. The Balaban J connectivity index is 1.49. The topological polar surface area (TPSA) is 70.7 Å². The minimum atomic E-state index is 0.0956. The zero-order valence-electron chi connectivity index (χ0n) is 16.4. The quantitative estimate of drug-likeness (QED) is 0.737. The molecular weight excluding hydrogens is 356 g/mol. The molecule has 0 spiro atoms. The van der Waals surface area contributed by atoms with Crippen LogP contribution in [0.2, 0.25) is 0 Å². The summed E-state index contributed by atoms with van der Waals surface area (Å²) >= 11 is 0. The van der Waals surface area contributed by atoms with E-state index in [1.54, 1.807) is 20.4 Å². The molecule has 0 aliphatic carbocycles. The number of aromatic nitrogens is 2. The summed E-state index contributed by atoms with van der Waals surface area (Å²) in [5.41, 5.74) is 3.91. The van der Waals surface area contributed by atoms with E-state index in [0.717, 1.165) is 45.8 Å². The number of nitrogens with one attached hydrogen (secondary N) is 1. The Bertz CT molecular complexity index is 1010. The Morgan fingerprint density at radius 1 is 1.14 bits per heavy atom. The molecule has 1 fully saturated rings. The number of hydrogen-bond donors (Lipinski definition) is 1. The number of carbonyl (C=O) groups is 1. The van der Waals surface area contributed by atoms with Crippen molar-refractivity contribution >= 4 is 22.5 Å². The van der Waals surface area contributed by atoms with E-state index in [-0.39, 0.29) is 5.91 Å². The van der Waals surface area contributed by atoms with Crippen LogP contribution in [0.3, 0.4) is 0 Å². The fraction of sp³-hybridized carbons (Fsp3) is 0.333. The van der Waals surface area contributed by atoms with E-state index in [4.69, 9.17) is 9.47 Å². The van der Waals surface area contributed by atoms with Crippen LogP contribution in [-0.4, -0.2) is 54.9 Å². The van der Waals surface area contributed by atoms with E-state index in [9.17, 15) is 4.79 Å². The molecule has 1 aliphatic heterocycles. The number of benzene rings is 2. The second kappa shape index (κ2) is 7.52. The van der Waals surface area contributed by atoms with Crippen molar-refractivity contribution in [2.24, 2.45) is 0 Å². The van der Waals surface area contributed by atoms with E-state index in [0.29, 0.717) is 19.6 Å². The Labute approximate surface area is 163 Å². The summed E-state index contributed by atoms with van der Waals surface area (Å²) in [4.78, 5) is 16.8. The minimum Gasteiger partial charge on any atom is -0.496 e. The third-order valence-corrected chi connectivity index (χ3v) is 5.29. The van der Waals surface area contributed by atoms with Gasteiger partial charge in [-0.1, -0.05) is 6.07 Å². The first-order chi connectivity index (χ1) is 13.6. The van der Waals surface area contributed by atoms with Gasteiger partial charge in [0.05, 0.1) is 32.5 Å². The van der Waals surface area contributed by atoms with Crippen LogP contribution in [0.25, 0.3) is 10.9 Å². The van der Waals surface area contributed by atoms with Crippen molar-refractivity contribution in [3.05, 3.63) is 47.7 Å². The SMILES string of the molecule is COc1ccc(CN2CCN(c3ccc4[nH]ncc4c3)C(=O)C2)c(OC)c1C. The van der Waals surface area contributed by atoms with Crippen LogP contribution in [0.5, 0.6) is 11.5 Å². The van der Waals surface area contributed by atoms with Crippen molar-refractivity contribution in [1.29, 1.82) is 0 Å². The third-order valence-electron chi connectivity index (χ3n) is 5.29. The second-order valence-corrected chi connectivity index (χ2v) is 6.98. The number of H-pyrrole nitrogens is 1. The summed E-state index contributed by atoms with van der Waals surface area (Å²) in [5.74, 6) is 1.72. The van der Waals surface area contributed by atoms with E-state index in [1.165, 1.54) is 0 Å². The molecule has 0 saturated carbocycles. The highest BCUT2D eigenvalue weighted by molar-refractivity contribution is 5.97. The average molecular weight is 380 g/mol. The van der Waals surface area contributed by atoms with Crippen LogP contribution < -0.4 is 14.4 Å². The predicted molar refractivity (Wildman–Crippen MR) is 108 cm³/mol. The van der Waals surface area contributed by atoms with Crippen LogP contribution in [0.15, 0.2) is 36.5 Å². The Kier molecular flexibility index (Phi) is 4.92. The highest BCUT2D eigenvalue weighted by Crippen LogP contribution is 2.32. The number of piperazine rings is 1. The van der Waals surface area contributed by atoms with Gasteiger partial charge in [0.25, 0.3) is 0 Å². The van der Waals surface area contributed by atoms with E-state index < -0.39 is 0 Å². The summed E-state index contributed by atoms with van der Waals surface area (Å²) in [6, 6.07) is 9.88. The number of anilines is 1. The van der Waals surface area contributed by atoms with Gasteiger partial charge in [0.2, 0.25) is 5.91 Å². The second-order valence-electron chi connectivity index (χ2n) is 6.98. The van der Waals surface area contributed by atoms with Gasteiger partial charge in [-0.3, -0.25) is 14.8 Å². The molecule has 0 radical (unpaired) electrons. The summed E-state index contributed by atoms with van der Waals surface area (Å²) in [7, 11) is 3.32. The van der Waals surface area contributed by atoms with Gasteiger partial charge in [0.15, 0.2) is 0 Å². The molecule has 0 unspecified atom stereocenters. The van der Waals surface area contributed by atoms with Crippen LogP contribution in [0, 0.1) is 6.92 Å². The van der Waals surface area contributed by atoms with Crippen LogP contribution >= 0.6 is 0 Å². The number of carbonyl (C=O) groups excluding carboxylic acids is 1. The zero-order valence-corrected chi connectivity index (χ0v) is 16.4. The van der Waals surface area contributed by atoms with Crippen molar-refractivity contribution in [2.45, 2.75) is 13.5 Å². The molecule has 7 nitrogen and oxygen atoms in total. The fourth-order valence-corrected chi connectivity index (χ4v) is 3.83. The summed E-state index contributed by atoms with van der Waals surface area (Å²) < 4.78 is 11.0. The first kappa shape index (κ1) is 18.3. The predicted octanol–water partition coefficient (Wildman–Crippen LogP) is 2.74. The highest BCUT2D eigenvalue weighted by atomic mass is 16.5. The Hall–Kier alpha value is -3.06. The molecule has 4 rings (SSSR count). The molecule has 1 amide bonds. The average Bonchev–Trinajstić information content (AvgIpc) is 3.16. The number of rotatable bonds is 5. The highest BCUT2D eigenvalue weighted by Gasteiger charge is 2.26. The summed E-state index contributed by atoms with van der Waals surface area (Å²) in [6.45, 7) is 4.46. The van der Waals surface area contributed by atoms with Gasteiger partial charge in [0, 0.05) is 41.8 Å². The van der Waals surface area contributed by atoms with Crippen molar-refractivity contribution in [3.8, 4) is 11.5 Å². The van der Waals surface area contributed by atoms with Gasteiger partial charge in [0.1, 0.15) is 11.5 Å². The van der Waals surface area contributed by atoms with Crippen molar-refractivity contribution < 1.29 is 14.3 Å². The maximum Gasteiger partial charge on any atom is 0.241 e.